The highest BCUT2D eigenvalue weighted by Gasteiger charge is 2.35. The molecule has 0 aliphatic rings. The summed E-state index contributed by atoms with van der Waals surface area (Å²) >= 11 is 5.75. The maximum atomic E-state index is 13.2. The number of aryl methyl sites for hydroxylation is 1. The van der Waals surface area contributed by atoms with Gasteiger partial charge in [0.1, 0.15) is 11.5 Å². The number of hydrogen-bond donors (Lipinski definition) is 0. The molecule has 0 radical (unpaired) electrons. The normalized spacial score (nSPS) is 11.7. The highest BCUT2D eigenvalue weighted by atomic mass is 35.5. The van der Waals surface area contributed by atoms with Crippen molar-refractivity contribution >= 4 is 17.4 Å². The van der Waals surface area contributed by atoms with E-state index in [4.69, 9.17) is 11.6 Å². The van der Waals surface area contributed by atoms with Crippen LogP contribution in [0.4, 0.5) is 17.6 Å². The summed E-state index contributed by atoms with van der Waals surface area (Å²) in [5, 5.41) is 3.73. The van der Waals surface area contributed by atoms with E-state index in [-0.39, 0.29) is 16.3 Å². The van der Waals surface area contributed by atoms with Gasteiger partial charge in [0.25, 0.3) is 0 Å². The van der Waals surface area contributed by atoms with Crippen LogP contribution in [-0.2, 0) is 13.2 Å². The predicted octanol–water partition coefficient (Wildman–Crippen LogP) is 3.46. The first-order valence-electron chi connectivity index (χ1n) is 5.30. The van der Waals surface area contributed by atoms with Crippen molar-refractivity contribution in [3.8, 4) is 0 Å². The lowest BCUT2D eigenvalue weighted by molar-refractivity contribution is -0.140. The molecule has 0 spiro atoms. The van der Waals surface area contributed by atoms with Gasteiger partial charge in [0.15, 0.2) is 0 Å². The molecule has 2 rings (SSSR count). The van der Waals surface area contributed by atoms with Gasteiger partial charge in [-0.1, -0.05) is 11.6 Å². The van der Waals surface area contributed by atoms with Crippen LogP contribution in [0.3, 0.4) is 0 Å². The number of hydrogen-bond acceptors (Lipinski definition) is 2. The Morgan fingerprint density at radius 2 is 2.00 bits per heavy atom. The van der Waals surface area contributed by atoms with Crippen LogP contribution < -0.4 is 0 Å². The van der Waals surface area contributed by atoms with Crippen LogP contribution in [0.15, 0.2) is 24.4 Å². The quantitative estimate of drug-likeness (QED) is 0.629. The molecule has 0 bridgehead atoms. The van der Waals surface area contributed by atoms with Crippen molar-refractivity contribution in [3.05, 3.63) is 52.1 Å². The van der Waals surface area contributed by atoms with Crippen LogP contribution >= 0.6 is 11.6 Å². The second kappa shape index (κ2) is 4.90. The van der Waals surface area contributed by atoms with Crippen molar-refractivity contribution in [1.82, 2.24) is 9.78 Å². The lowest BCUT2D eigenvalue weighted by atomic mass is 10.0. The molecule has 0 unspecified atom stereocenters. The van der Waals surface area contributed by atoms with E-state index in [0.717, 1.165) is 10.7 Å². The van der Waals surface area contributed by atoms with Crippen molar-refractivity contribution in [2.24, 2.45) is 7.05 Å². The van der Waals surface area contributed by atoms with Gasteiger partial charge in [0.2, 0.25) is 5.78 Å². The summed E-state index contributed by atoms with van der Waals surface area (Å²) in [4.78, 5) is 12.1. The Kier molecular flexibility index (Phi) is 3.56. The molecule has 0 saturated heterocycles. The molecule has 0 saturated carbocycles. The van der Waals surface area contributed by atoms with Crippen molar-refractivity contribution < 1.29 is 22.4 Å². The minimum atomic E-state index is -4.88. The average Bonchev–Trinajstić information content (AvgIpc) is 2.67. The van der Waals surface area contributed by atoms with E-state index in [1.54, 1.807) is 0 Å². The maximum Gasteiger partial charge on any atom is 0.419 e. The molecule has 0 aliphatic carbocycles. The molecule has 2 aromatic rings. The molecule has 3 nitrogen and oxygen atoms in total. The van der Waals surface area contributed by atoms with Crippen LogP contribution in [0, 0.1) is 5.82 Å². The van der Waals surface area contributed by atoms with Gasteiger partial charge in [-0.25, -0.2) is 4.39 Å². The summed E-state index contributed by atoms with van der Waals surface area (Å²) in [7, 11) is 1.42. The zero-order chi connectivity index (χ0) is 15.1. The topological polar surface area (TPSA) is 34.9 Å². The van der Waals surface area contributed by atoms with Gasteiger partial charge in [-0.3, -0.25) is 9.48 Å². The van der Waals surface area contributed by atoms with E-state index in [1.807, 2.05) is 0 Å². The van der Waals surface area contributed by atoms with Crippen molar-refractivity contribution in [3.63, 3.8) is 0 Å². The molecule has 8 heteroatoms. The average molecular weight is 307 g/mol. The Morgan fingerprint density at radius 1 is 1.35 bits per heavy atom. The summed E-state index contributed by atoms with van der Waals surface area (Å²) in [5.41, 5.74) is -1.88. The number of rotatable bonds is 2. The number of carbonyl (C=O) groups excluding carboxylic acids is 1. The van der Waals surface area contributed by atoms with Crippen LogP contribution in [-0.4, -0.2) is 15.6 Å². The van der Waals surface area contributed by atoms with E-state index >= 15 is 0 Å². The van der Waals surface area contributed by atoms with Crippen LogP contribution in [0.25, 0.3) is 0 Å². The Bertz CT molecular complexity index is 659. The maximum absolute atomic E-state index is 13.2. The molecule has 1 aromatic heterocycles. The van der Waals surface area contributed by atoms with Gasteiger partial charge in [-0.15, -0.1) is 0 Å². The SMILES string of the molecule is Cn1ncc(Cl)c1C(=O)c1ccc(F)c(C(F)(F)F)c1. The second-order valence-corrected chi connectivity index (χ2v) is 4.39. The number of benzene rings is 1. The number of alkyl halides is 3. The third kappa shape index (κ3) is 2.53. The van der Waals surface area contributed by atoms with Gasteiger partial charge in [0, 0.05) is 12.6 Å². The summed E-state index contributed by atoms with van der Waals surface area (Å²) in [6.07, 6.45) is -3.68. The molecular weight excluding hydrogens is 300 g/mol. The fraction of sp³-hybridized carbons (Fsp3) is 0.167. The number of halogens is 5. The molecule has 1 heterocycles. The van der Waals surface area contributed by atoms with E-state index in [0.29, 0.717) is 12.1 Å². The van der Waals surface area contributed by atoms with Crippen molar-refractivity contribution in [2.45, 2.75) is 6.18 Å². The molecule has 0 atom stereocenters. The minimum Gasteiger partial charge on any atom is -0.287 e. The Hall–Kier alpha value is -1.89. The molecule has 0 aliphatic heterocycles. The van der Waals surface area contributed by atoms with E-state index in [9.17, 15) is 22.4 Å². The number of nitrogens with zero attached hydrogens (tertiary/aromatic N) is 2. The number of aromatic nitrogens is 2. The smallest absolute Gasteiger partial charge is 0.287 e. The zero-order valence-corrected chi connectivity index (χ0v) is 10.8. The summed E-state index contributed by atoms with van der Waals surface area (Å²) in [6, 6.07) is 2.03. The monoisotopic (exact) mass is 306 g/mol. The predicted molar refractivity (Wildman–Crippen MR) is 63.1 cm³/mol. The number of ketones is 1. The van der Waals surface area contributed by atoms with Crippen molar-refractivity contribution in [1.29, 1.82) is 0 Å². The molecule has 106 valence electrons. The molecule has 20 heavy (non-hydrogen) atoms. The lowest BCUT2D eigenvalue weighted by Gasteiger charge is -2.10. The highest BCUT2D eigenvalue weighted by molar-refractivity contribution is 6.34. The molecule has 0 fully saturated rings. The van der Waals surface area contributed by atoms with Gasteiger partial charge in [0.05, 0.1) is 16.8 Å². The Balaban J connectivity index is 2.52. The Morgan fingerprint density at radius 3 is 2.50 bits per heavy atom. The van der Waals surface area contributed by atoms with Gasteiger partial charge < -0.3 is 0 Å². The van der Waals surface area contributed by atoms with E-state index < -0.39 is 23.3 Å². The Labute approximate surface area is 115 Å². The van der Waals surface area contributed by atoms with Crippen LogP contribution in [0.1, 0.15) is 21.6 Å². The molecule has 1 aromatic carbocycles. The minimum absolute atomic E-state index is 0.00961. The summed E-state index contributed by atoms with van der Waals surface area (Å²) < 4.78 is 52.1. The zero-order valence-electron chi connectivity index (χ0n) is 10.0. The first kappa shape index (κ1) is 14.5. The summed E-state index contributed by atoms with van der Waals surface area (Å²) in [5.74, 6) is -2.20. The standard InChI is InChI=1S/C12H7ClF4N2O/c1-19-10(8(13)5-18-19)11(20)6-2-3-9(14)7(4-6)12(15,16)17/h2-5H,1H3. The molecule has 0 amide bonds. The van der Waals surface area contributed by atoms with Gasteiger partial charge in [-0.05, 0) is 18.2 Å². The van der Waals surface area contributed by atoms with E-state index in [1.165, 1.54) is 13.2 Å². The van der Waals surface area contributed by atoms with Gasteiger partial charge >= 0.3 is 6.18 Å². The van der Waals surface area contributed by atoms with Gasteiger partial charge in [-0.2, -0.15) is 18.3 Å². The van der Waals surface area contributed by atoms with Crippen molar-refractivity contribution in [2.75, 3.05) is 0 Å². The molecule has 0 N–H and O–H groups in total. The van der Waals surface area contributed by atoms with Crippen LogP contribution in [0.5, 0.6) is 0 Å². The highest BCUT2D eigenvalue weighted by Crippen LogP contribution is 2.32. The fourth-order valence-electron chi connectivity index (χ4n) is 1.69. The fourth-order valence-corrected chi connectivity index (χ4v) is 1.94. The van der Waals surface area contributed by atoms with Crippen LogP contribution in [0.2, 0.25) is 5.02 Å². The second-order valence-electron chi connectivity index (χ2n) is 3.99. The lowest BCUT2D eigenvalue weighted by Crippen LogP contribution is -2.13. The summed E-state index contributed by atoms with van der Waals surface area (Å²) in [6.45, 7) is 0. The first-order chi connectivity index (χ1) is 9.21. The third-order valence-corrected chi connectivity index (χ3v) is 2.92. The third-order valence-electron chi connectivity index (χ3n) is 2.64. The largest absolute Gasteiger partial charge is 0.419 e. The van der Waals surface area contributed by atoms with E-state index in [2.05, 4.69) is 5.10 Å². The number of carbonyl (C=O) groups is 1. The molecular formula is C12H7ClF4N2O. The first-order valence-corrected chi connectivity index (χ1v) is 5.68.